The van der Waals surface area contributed by atoms with Crippen molar-refractivity contribution in [3.8, 4) is 0 Å². The van der Waals surface area contributed by atoms with Crippen LogP contribution >= 0.6 is 11.3 Å². The van der Waals surface area contributed by atoms with Gasteiger partial charge in [0.05, 0.1) is 10.6 Å². The Labute approximate surface area is 149 Å². The summed E-state index contributed by atoms with van der Waals surface area (Å²) in [5.74, 6) is -0.286. The van der Waals surface area contributed by atoms with E-state index in [1.807, 2.05) is 36.6 Å². The molecule has 2 aromatic rings. The summed E-state index contributed by atoms with van der Waals surface area (Å²) in [5.41, 5.74) is 1.75. The zero-order chi connectivity index (χ0) is 18.4. The average molecular weight is 355 g/mol. The highest BCUT2D eigenvalue weighted by Crippen LogP contribution is 2.25. The Morgan fingerprint density at radius 2 is 2.00 bits per heavy atom. The third-order valence-corrected chi connectivity index (χ3v) is 4.26. The Balaban J connectivity index is 2.14. The van der Waals surface area contributed by atoms with E-state index in [1.165, 1.54) is 40.5 Å². The number of non-ortho nitro benzene ring substituents is 1. The average Bonchev–Trinajstić information content (AvgIpc) is 3.11. The first-order chi connectivity index (χ1) is 11.9. The fourth-order valence-corrected chi connectivity index (χ4v) is 2.75. The molecule has 1 aromatic carbocycles. The van der Waals surface area contributed by atoms with Crippen molar-refractivity contribution < 1.29 is 9.72 Å². The number of nitro groups is 1. The number of allylic oxidation sites excluding steroid dienone is 5. The number of hydrogen-bond donors (Lipinski definition) is 0. The monoisotopic (exact) mass is 355 g/mol. The molecule has 0 aliphatic carbocycles. The highest BCUT2D eigenvalue weighted by molar-refractivity contribution is 7.14. The molecule has 0 aliphatic rings. The number of aromatic nitrogens is 1. The summed E-state index contributed by atoms with van der Waals surface area (Å²) in [6, 6.07) is 5.49. The first-order valence-corrected chi connectivity index (χ1v) is 8.28. The lowest BCUT2D eigenvalue weighted by atomic mass is 10.2. The van der Waals surface area contributed by atoms with Gasteiger partial charge in [-0.2, -0.15) is 0 Å². The van der Waals surface area contributed by atoms with Gasteiger partial charge in [0.2, 0.25) is 0 Å². The maximum atomic E-state index is 12.5. The lowest BCUT2D eigenvalue weighted by Crippen LogP contribution is -2.26. The van der Waals surface area contributed by atoms with Crippen LogP contribution in [0.3, 0.4) is 0 Å². The molecule has 0 aliphatic heterocycles. The van der Waals surface area contributed by atoms with Crippen LogP contribution in [0.25, 0.3) is 5.57 Å². The molecule has 25 heavy (non-hydrogen) atoms. The van der Waals surface area contributed by atoms with Gasteiger partial charge in [-0.3, -0.25) is 19.8 Å². The van der Waals surface area contributed by atoms with Crippen molar-refractivity contribution >= 4 is 33.6 Å². The summed E-state index contributed by atoms with van der Waals surface area (Å²) in [7, 11) is 1.62. The second-order valence-corrected chi connectivity index (χ2v) is 5.93. The third-order valence-electron chi connectivity index (χ3n) is 3.34. The standard InChI is InChI=1S/C18H17N3O3S/c1-4-5-6-7-13(2)16-12-25-18(19-16)20(3)17(22)14-8-10-15(11-9-14)21(23)24/h4-12H,2H2,1,3H3. The number of nitro benzene ring substituents is 1. The molecule has 0 unspecified atom stereocenters. The van der Waals surface area contributed by atoms with E-state index in [4.69, 9.17) is 0 Å². The minimum atomic E-state index is -0.502. The van der Waals surface area contributed by atoms with E-state index in [0.29, 0.717) is 16.4 Å². The van der Waals surface area contributed by atoms with Gasteiger partial charge in [0.15, 0.2) is 5.13 Å². The maximum absolute atomic E-state index is 12.5. The summed E-state index contributed by atoms with van der Waals surface area (Å²) < 4.78 is 0. The van der Waals surface area contributed by atoms with E-state index in [0.717, 1.165) is 5.57 Å². The van der Waals surface area contributed by atoms with Crippen LogP contribution in [0, 0.1) is 10.1 Å². The van der Waals surface area contributed by atoms with Crippen molar-refractivity contribution in [3.63, 3.8) is 0 Å². The molecule has 1 heterocycles. The summed E-state index contributed by atoms with van der Waals surface area (Å²) in [5, 5.41) is 13.0. The number of benzene rings is 1. The fourth-order valence-electron chi connectivity index (χ4n) is 1.94. The number of nitrogens with zero attached hydrogens (tertiary/aromatic N) is 3. The normalized spacial score (nSPS) is 11.1. The van der Waals surface area contributed by atoms with Crippen LogP contribution in [-0.4, -0.2) is 22.9 Å². The molecule has 0 fully saturated rings. The molecule has 6 nitrogen and oxygen atoms in total. The largest absolute Gasteiger partial charge is 0.287 e. The second kappa shape index (κ2) is 8.16. The number of amides is 1. The van der Waals surface area contributed by atoms with Crippen molar-refractivity contribution in [3.05, 3.63) is 81.9 Å². The minimum absolute atomic E-state index is 0.0556. The van der Waals surface area contributed by atoms with Crippen molar-refractivity contribution in [1.29, 1.82) is 0 Å². The first-order valence-electron chi connectivity index (χ1n) is 7.40. The molecule has 2 rings (SSSR count). The van der Waals surface area contributed by atoms with E-state index >= 15 is 0 Å². The van der Waals surface area contributed by atoms with Crippen LogP contribution in [0.1, 0.15) is 23.0 Å². The Hall–Kier alpha value is -3.06. The van der Waals surface area contributed by atoms with Gasteiger partial charge in [-0.05, 0) is 24.6 Å². The SMILES string of the molecule is C=C(C=CC=CC)c1csc(N(C)C(=O)c2ccc([N+](=O)[O-])cc2)n1. The van der Waals surface area contributed by atoms with Gasteiger partial charge in [0, 0.05) is 30.1 Å². The second-order valence-electron chi connectivity index (χ2n) is 5.09. The lowest BCUT2D eigenvalue weighted by Gasteiger charge is -2.13. The highest BCUT2D eigenvalue weighted by Gasteiger charge is 2.18. The van der Waals surface area contributed by atoms with Gasteiger partial charge < -0.3 is 0 Å². The van der Waals surface area contributed by atoms with Crippen molar-refractivity contribution in [2.45, 2.75) is 6.92 Å². The summed E-state index contributed by atoms with van der Waals surface area (Å²) >= 11 is 1.33. The zero-order valence-corrected chi connectivity index (χ0v) is 14.7. The molecule has 0 atom stereocenters. The van der Waals surface area contributed by atoms with E-state index < -0.39 is 4.92 Å². The topological polar surface area (TPSA) is 76.3 Å². The van der Waals surface area contributed by atoms with Crippen LogP contribution < -0.4 is 4.90 Å². The van der Waals surface area contributed by atoms with Gasteiger partial charge in [-0.15, -0.1) is 11.3 Å². The summed E-state index contributed by atoms with van der Waals surface area (Å²) in [6.07, 6.45) is 7.51. The van der Waals surface area contributed by atoms with E-state index in [9.17, 15) is 14.9 Å². The van der Waals surface area contributed by atoms with Crippen LogP contribution in [0.5, 0.6) is 0 Å². The Morgan fingerprint density at radius 1 is 1.32 bits per heavy atom. The summed E-state index contributed by atoms with van der Waals surface area (Å²) in [4.78, 5) is 28.5. The number of rotatable bonds is 6. The Morgan fingerprint density at radius 3 is 2.60 bits per heavy atom. The van der Waals surface area contributed by atoms with Crippen molar-refractivity contribution in [1.82, 2.24) is 4.98 Å². The maximum Gasteiger partial charge on any atom is 0.269 e. The van der Waals surface area contributed by atoms with Gasteiger partial charge >= 0.3 is 0 Å². The minimum Gasteiger partial charge on any atom is -0.287 e. The van der Waals surface area contributed by atoms with E-state index in [2.05, 4.69) is 11.6 Å². The molecule has 128 valence electrons. The molecule has 0 saturated carbocycles. The van der Waals surface area contributed by atoms with Gasteiger partial charge in [-0.1, -0.05) is 30.9 Å². The van der Waals surface area contributed by atoms with Gasteiger partial charge in [0.25, 0.3) is 11.6 Å². The number of carbonyl (C=O) groups excluding carboxylic acids is 1. The predicted molar refractivity (Wildman–Crippen MR) is 101 cm³/mol. The van der Waals surface area contributed by atoms with Crippen LogP contribution in [-0.2, 0) is 0 Å². The summed E-state index contributed by atoms with van der Waals surface area (Å²) in [6.45, 7) is 5.88. The van der Waals surface area contributed by atoms with Crippen molar-refractivity contribution in [2.75, 3.05) is 11.9 Å². The molecule has 0 bridgehead atoms. The molecule has 0 spiro atoms. The van der Waals surface area contributed by atoms with Gasteiger partial charge in [-0.25, -0.2) is 4.98 Å². The lowest BCUT2D eigenvalue weighted by molar-refractivity contribution is -0.384. The molecule has 1 amide bonds. The smallest absolute Gasteiger partial charge is 0.269 e. The van der Waals surface area contributed by atoms with Crippen molar-refractivity contribution in [2.24, 2.45) is 0 Å². The molecule has 0 N–H and O–H groups in total. The number of thiazole rings is 1. The Bertz CT molecular complexity index is 851. The quantitative estimate of drug-likeness (QED) is 0.435. The first kappa shape index (κ1) is 18.3. The molecular weight excluding hydrogens is 338 g/mol. The molecular formula is C18H17N3O3S. The number of carbonyl (C=O) groups is 1. The molecule has 0 saturated heterocycles. The zero-order valence-electron chi connectivity index (χ0n) is 13.9. The van der Waals surface area contributed by atoms with Gasteiger partial charge in [0.1, 0.15) is 0 Å². The predicted octanol–water partition coefficient (Wildman–Crippen LogP) is 4.47. The molecule has 0 radical (unpaired) electrons. The van der Waals surface area contributed by atoms with E-state index in [1.54, 1.807) is 7.05 Å². The number of hydrogen-bond acceptors (Lipinski definition) is 5. The number of anilines is 1. The van der Waals surface area contributed by atoms with Crippen LogP contribution in [0.4, 0.5) is 10.8 Å². The highest BCUT2D eigenvalue weighted by atomic mass is 32.1. The van der Waals surface area contributed by atoms with Crippen LogP contribution in [0.15, 0.2) is 60.5 Å². The molecule has 7 heteroatoms. The molecule has 1 aromatic heterocycles. The van der Waals surface area contributed by atoms with E-state index in [-0.39, 0.29) is 11.6 Å². The fraction of sp³-hybridized carbons (Fsp3) is 0.111. The Kier molecular flexibility index (Phi) is 5.97. The third kappa shape index (κ3) is 4.48. The van der Waals surface area contributed by atoms with Crippen LogP contribution in [0.2, 0.25) is 0 Å².